The van der Waals surface area contributed by atoms with Crippen LogP contribution >= 0.6 is 0 Å². The lowest BCUT2D eigenvalue weighted by molar-refractivity contribution is -0.119. The molecule has 0 radical (unpaired) electrons. The molecule has 3 aromatic rings. The zero-order chi connectivity index (χ0) is 23.7. The highest BCUT2D eigenvalue weighted by molar-refractivity contribution is 6.23. The van der Waals surface area contributed by atoms with Crippen molar-refractivity contribution in [1.29, 1.82) is 0 Å². The number of amides is 3. The molecular formula is C25H24N6O3. The lowest BCUT2D eigenvalue weighted by atomic mass is 10.1. The van der Waals surface area contributed by atoms with E-state index in [1.54, 1.807) is 49.5 Å². The summed E-state index contributed by atoms with van der Waals surface area (Å²) in [7, 11) is 0. The Bertz CT molecular complexity index is 1220. The summed E-state index contributed by atoms with van der Waals surface area (Å²) in [5.74, 6) is -0.722. The average molecular weight is 457 g/mol. The van der Waals surface area contributed by atoms with Gasteiger partial charge in [-0.3, -0.25) is 19.3 Å². The van der Waals surface area contributed by atoms with Crippen LogP contribution in [0.3, 0.4) is 0 Å². The van der Waals surface area contributed by atoms with Crippen LogP contribution in [-0.4, -0.2) is 52.0 Å². The summed E-state index contributed by atoms with van der Waals surface area (Å²) in [5, 5.41) is 14.2. The number of hydrogen-bond donors (Lipinski definition) is 2. The Morgan fingerprint density at radius 1 is 0.941 bits per heavy atom. The minimum Gasteiger partial charge on any atom is -0.370 e. The summed E-state index contributed by atoms with van der Waals surface area (Å²) in [4.78, 5) is 41.3. The van der Waals surface area contributed by atoms with Gasteiger partial charge in [-0.1, -0.05) is 12.1 Å². The number of rotatable bonds is 6. The molecule has 1 fully saturated rings. The number of imide groups is 1. The van der Waals surface area contributed by atoms with Gasteiger partial charge in [0.25, 0.3) is 11.8 Å². The smallest absolute Gasteiger partial charge is 0.262 e. The van der Waals surface area contributed by atoms with Gasteiger partial charge in [-0.15, -0.1) is 5.10 Å². The van der Waals surface area contributed by atoms with Crippen molar-refractivity contribution >= 4 is 40.6 Å². The zero-order valence-corrected chi connectivity index (χ0v) is 18.7. The Morgan fingerprint density at radius 2 is 1.56 bits per heavy atom. The van der Waals surface area contributed by atoms with Gasteiger partial charge < -0.3 is 15.5 Å². The van der Waals surface area contributed by atoms with Crippen molar-refractivity contribution in [1.82, 2.24) is 15.1 Å². The van der Waals surface area contributed by atoms with E-state index >= 15 is 0 Å². The first kappa shape index (κ1) is 21.6. The molecule has 3 heterocycles. The molecule has 2 aliphatic heterocycles. The van der Waals surface area contributed by atoms with E-state index < -0.39 is 23.8 Å². The summed E-state index contributed by atoms with van der Waals surface area (Å²) < 4.78 is 0. The number of carbonyl (C=O) groups is 3. The van der Waals surface area contributed by atoms with Crippen LogP contribution in [0.1, 0.15) is 40.5 Å². The van der Waals surface area contributed by atoms with Crippen molar-refractivity contribution < 1.29 is 14.4 Å². The summed E-state index contributed by atoms with van der Waals surface area (Å²) in [6, 6.07) is 14.7. The molecule has 0 aliphatic carbocycles. The molecular weight excluding hydrogens is 432 g/mol. The van der Waals surface area contributed by atoms with Crippen LogP contribution < -0.4 is 15.5 Å². The number of fused-ring (bicyclic) bond motifs is 1. The fraction of sp³-hybridized carbons (Fsp3) is 0.240. The molecule has 5 rings (SSSR count). The third-order valence-electron chi connectivity index (χ3n) is 6.13. The molecule has 3 amide bonds. The van der Waals surface area contributed by atoms with Crippen molar-refractivity contribution in [2.75, 3.05) is 28.6 Å². The molecule has 172 valence electrons. The minimum atomic E-state index is -0.950. The van der Waals surface area contributed by atoms with Crippen LogP contribution in [-0.2, 0) is 4.79 Å². The van der Waals surface area contributed by atoms with E-state index in [1.165, 1.54) is 12.8 Å². The molecule has 2 aromatic carbocycles. The Kier molecular flexibility index (Phi) is 5.67. The number of nitrogens with zero attached hydrogens (tertiary/aromatic N) is 4. The quantitative estimate of drug-likeness (QED) is 0.547. The maximum Gasteiger partial charge on any atom is 0.262 e. The van der Waals surface area contributed by atoms with Gasteiger partial charge in [-0.2, -0.15) is 5.10 Å². The average Bonchev–Trinajstić information content (AvgIpc) is 3.48. The standard InChI is InChI=1S/C25H24N6O3/c1-16(31-24(33)20-6-2-3-7-21(20)25(31)34)23(32)28-18-10-8-17(9-11-18)27-22-14-19(15-26-29-22)30-12-4-5-13-30/h2-3,6-11,14-16H,4-5,12-13H2,1H3,(H,27,29)(H,28,32). The maximum absolute atomic E-state index is 12.8. The van der Waals surface area contributed by atoms with Gasteiger partial charge in [-0.25, -0.2) is 0 Å². The van der Waals surface area contributed by atoms with E-state index in [0.717, 1.165) is 29.4 Å². The second kappa shape index (κ2) is 8.93. The topological polar surface area (TPSA) is 108 Å². The van der Waals surface area contributed by atoms with Gasteiger partial charge in [0.1, 0.15) is 6.04 Å². The molecule has 2 N–H and O–H groups in total. The number of benzene rings is 2. The molecule has 9 heteroatoms. The fourth-order valence-corrected chi connectivity index (χ4v) is 4.27. The third kappa shape index (κ3) is 4.07. The third-order valence-corrected chi connectivity index (χ3v) is 6.13. The van der Waals surface area contributed by atoms with Crippen LogP contribution in [0.25, 0.3) is 0 Å². The second-order valence-corrected chi connectivity index (χ2v) is 8.39. The van der Waals surface area contributed by atoms with Crippen molar-refractivity contribution in [3.8, 4) is 0 Å². The summed E-state index contributed by atoms with van der Waals surface area (Å²) in [6.45, 7) is 3.59. The van der Waals surface area contributed by atoms with Gasteiger partial charge in [-0.05, 0) is 56.2 Å². The molecule has 9 nitrogen and oxygen atoms in total. The summed E-state index contributed by atoms with van der Waals surface area (Å²) >= 11 is 0. The fourth-order valence-electron chi connectivity index (χ4n) is 4.27. The first-order valence-electron chi connectivity index (χ1n) is 11.2. The van der Waals surface area contributed by atoms with Crippen molar-refractivity contribution in [3.05, 3.63) is 71.9 Å². The lowest BCUT2D eigenvalue weighted by Gasteiger charge is -2.21. The zero-order valence-electron chi connectivity index (χ0n) is 18.7. The van der Waals surface area contributed by atoms with Gasteiger partial charge in [0.2, 0.25) is 5.91 Å². The lowest BCUT2D eigenvalue weighted by Crippen LogP contribution is -2.45. The van der Waals surface area contributed by atoms with Gasteiger partial charge in [0.05, 0.1) is 23.0 Å². The summed E-state index contributed by atoms with van der Waals surface area (Å²) in [5.41, 5.74) is 3.02. The van der Waals surface area contributed by atoms with Crippen molar-refractivity contribution in [2.45, 2.75) is 25.8 Å². The molecule has 0 saturated carbocycles. The Hall–Kier alpha value is -4.27. The Balaban J connectivity index is 1.22. The number of anilines is 4. The highest BCUT2D eigenvalue weighted by Gasteiger charge is 2.40. The van der Waals surface area contributed by atoms with Crippen LogP contribution in [0.5, 0.6) is 0 Å². The van der Waals surface area contributed by atoms with Crippen LogP contribution in [0, 0.1) is 0 Å². The largest absolute Gasteiger partial charge is 0.370 e. The Labute approximate surface area is 196 Å². The molecule has 1 saturated heterocycles. The van der Waals surface area contributed by atoms with E-state index in [0.29, 0.717) is 22.6 Å². The first-order chi connectivity index (χ1) is 16.5. The first-order valence-corrected chi connectivity index (χ1v) is 11.2. The molecule has 2 aliphatic rings. The molecule has 1 aromatic heterocycles. The maximum atomic E-state index is 12.8. The SMILES string of the molecule is CC(C(=O)Nc1ccc(Nc2cc(N3CCCC3)cnn2)cc1)N1C(=O)c2ccccc2C1=O. The number of carbonyl (C=O) groups excluding carboxylic acids is 3. The van der Waals surface area contributed by atoms with Crippen molar-refractivity contribution in [2.24, 2.45) is 0 Å². The molecule has 1 atom stereocenters. The van der Waals surface area contributed by atoms with Crippen LogP contribution in [0.4, 0.5) is 22.9 Å². The monoisotopic (exact) mass is 456 g/mol. The van der Waals surface area contributed by atoms with Crippen LogP contribution in [0.2, 0.25) is 0 Å². The number of aromatic nitrogens is 2. The van der Waals surface area contributed by atoms with Gasteiger partial charge >= 0.3 is 0 Å². The highest BCUT2D eigenvalue weighted by Crippen LogP contribution is 2.26. The summed E-state index contributed by atoms with van der Waals surface area (Å²) in [6.07, 6.45) is 4.14. The molecule has 1 unspecified atom stereocenters. The van der Waals surface area contributed by atoms with E-state index in [9.17, 15) is 14.4 Å². The number of nitrogens with one attached hydrogen (secondary N) is 2. The second-order valence-electron chi connectivity index (χ2n) is 8.39. The predicted molar refractivity (Wildman–Crippen MR) is 128 cm³/mol. The minimum absolute atomic E-state index is 0.319. The van der Waals surface area contributed by atoms with Gasteiger partial charge in [0, 0.05) is 30.5 Å². The number of hydrogen-bond acceptors (Lipinski definition) is 7. The molecule has 34 heavy (non-hydrogen) atoms. The normalized spacial score (nSPS) is 15.9. The van der Waals surface area contributed by atoms with E-state index in [1.807, 2.05) is 18.2 Å². The predicted octanol–water partition coefficient (Wildman–Crippen LogP) is 3.44. The van der Waals surface area contributed by atoms with E-state index in [2.05, 4.69) is 25.7 Å². The highest BCUT2D eigenvalue weighted by atomic mass is 16.2. The van der Waals surface area contributed by atoms with Crippen LogP contribution in [0.15, 0.2) is 60.8 Å². The molecule has 0 bridgehead atoms. The molecule has 0 spiro atoms. The van der Waals surface area contributed by atoms with Crippen molar-refractivity contribution in [3.63, 3.8) is 0 Å². The van der Waals surface area contributed by atoms with Gasteiger partial charge in [0.15, 0.2) is 5.82 Å². The van der Waals surface area contributed by atoms with E-state index in [-0.39, 0.29) is 0 Å². The Morgan fingerprint density at radius 3 is 2.21 bits per heavy atom. The van der Waals surface area contributed by atoms with E-state index in [4.69, 9.17) is 0 Å².